The summed E-state index contributed by atoms with van der Waals surface area (Å²) in [5.74, 6) is 0.791. The monoisotopic (exact) mass is 269 g/mol. The van der Waals surface area contributed by atoms with E-state index in [1.165, 1.54) is 18.5 Å². The first kappa shape index (κ1) is 12.6. The number of nitrogens with one attached hydrogen (secondary N) is 1. The molecule has 1 nitrogen and oxygen atoms in total. The number of hydrogen-bond acceptors (Lipinski definition) is 1. The fraction of sp³-hybridized carbons (Fsp3) is 0.538. The van der Waals surface area contributed by atoms with Gasteiger partial charge in [-0.2, -0.15) is 0 Å². The summed E-state index contributed by atoms with van der Waals surface area (Å²) in [7, 11) is 0. The van der Waals surface area contributed by atoms with E-state index in [4.69, 9.17) is 0 Å². The van der Waals surface area contributed by atoms with Gasteiger partial charge in [0.25, 0.3) is 0 Å². The van der Waals surface area contributed by atoms with Gasteiger partial charge in [-0.1, -0.05) is 29.8 Å². The molecule has 0 saturated carbocycles. The van der Waals surface area contributed by atoms with Crippen LogP contribution in [0.5, 0.6) is 0 Å². The summed E-state index contributed by atoms with van der Waals surface area (Å²) in [5, 5.41) is 3.50. The molecule has 1 N–H and O–H groups in total. The third kappa shape index (κ3) is 5.22. The third-order valence-corrected chi connectivity index (χ3v) is 2.96. The van der Waals surface area contributed by atoms with Crippen LogP contribution in [0.15, 0.2) is 28.7 Å². The van der Waals surface area contributed by atoms with Crippen LogP contribution in [-0.2, 0) is 0 Å². The van der Waals surface area contributed by atoms with Crippen molar-refractivity contribution in [1.82, 2.24) is 0 Å². The minimum Gasteiger partial charge on any atom is -0.383 e. The first-order chi connectivity index (χ1) is 7.08. The second-order valence-corrected chi connectivity index (χ2v) is 5.44. The van der Waals surface area contributed by atoms with Crippen molar-refractivity contribution in [2.24, 2.45) is 5.92 Å². The maximum Gasteiger partial charge on any atom is 0.0342 e. The van der Waals surface area contributed by atoms with E-state index in [-0.39, 0.29) is 0 Å². The van der Waals surface area contributed by atoms with Crippen molar-refractivity contribution in [2.75, 3.05) is 5.32 Å². The second-order valence-electron chi connectivity index (χ2n) is 4.52. The van der Waals surface area contributed by atoms with Crippen molar-refractivity contribution in [3.8, 4) is 0 Å². The highest BCUT2D eigenvalue weighted by molar-refractivity contribution is 9.10. The van der Waals surface area contributed by atoms with E-state index < -0.39 is 0 Å². The van der Waals surface area contributed by atoms with E-state index in [0.29, 0.717) is 6.04 Å². The molecule has 84 valence electrons. The first-order valence-corrected chi connectivity index (χ1v) is 6.39. The van der Waals surface area contributed by atoms with Gasteiger partial charge in [0.15, 0.2) is 0 Å². The Morgan fingerprint density at radius 1 is 1.07 bits per heavy atom. The SMILES string of the molecule is CC(C)CCC(C)Nc1ccc(Br)cc1. The smallest absolute Gasteiger partial charge is 0.0342 e. The molecule has 1 aromatic rings. The maximum absolute atomic E-state index is 3.50. The summed E-state index contributed by atoms with van der Waals surface area (Å²) >= 11 is 3.43. The molecule has 0 saturated heterocycles. The summed E-state index contributed by atoms with van der Waals surface area (Å²) in [6.45, 7) is 6.78. The van der Waals surface area contributed by atoms with Gasteiger partial charge in [-0.15, -0.1) is 0 Å². The Morgan fingerprint density at radius 2 is 1.67 bits per heavy atom. The molecule has 0 bridgehead atoms. The van der Waals surface area contributed by atoms with Gasteiger partial charge in [0, 0.05) is 16.2 Å². The van der Waals surface area contributed by atoms with Gasteiger partial charge in [-0.3, -0.25) is 0 Å². The van der Waals surface area contributed by atoms with Gasteiger partial charge in [-0.05, 0) is 49.9 Å². The lowest BCUT2D eigenvalue weighted by Crippen LogP contribution is -2.15. The Labute approximate surface area is 101 Å². The fourth-order valence-electron chi connectivity index (χ4n) is 1.49. The lowest BCUT2D eigenvalue weighted by Gasteiger charge is -2.16. The first-order valence-electron chi connectivity index (χ1n) is 5.60. The molecule has 0 fully saturated rings. The fourth-order valence-corrected chi connectivity index (χ4v) is 1.75. The normalized spacial score (nSPS) is 12.9. The third-order valence-electron chi connectivity index (χ3n) is 2.43. The number of halogens is 1. The number of hydrogen-bond donors (Lipinski definition) is 1. The van der Waals surface area contributed by atoms with Gasteiger partial charge in [0.2, 0.25) is 0 Å². The maximum atomic E-state index is 3.50. The molecule has 0 aliphatic heterocycles. The lowest BCUT2D eigenvalue weighted by molar-refractivity contribution is 0.528. The van der Waals surface area contributed by atoms with E-state index in [0.717, 1.165) is 10.4 Å². The van der Waals surface area contributed by atoms with Gasteiger partial charge >= 0.3 is 0 Å². The quantitative estimate of drug-likeness (QED) is 0.818. The molecule has 2 heteroatoms. The van der Waals surface area contributed by atoms with Crippen LogP contribution in [0, 0.1) is 5.92 Å². The predicted octanol–water partition coefficient (Wildman–Crippen LogP) is 4.69. The topological polar surface area (TPSA) is 12.0 Å². The van der Waals surface area contributed by atoms with E-state index in [2.05, 4.69) is 66.3 Å². The summed E-state index contributed by atoms with van der Waals surface area (Å²) in [5.41, 5.74) is 1.20. The van der Waals surface area contributed by atoms with Crippen LogP contribution in [-0.4, -0.2) is 6.04 Å². The van der Waals surface area contributed by atoms with E-state index in [9.17, 15) is 0 Å². The Kier molecular flexibility index (Phi) is 5.16. The zero-order valence-corrected chi connectivity index (χ0v) is 11.3. The standard InChI is InChI=1S/C13H20BrN/c1-10(2)4-5-11(3)15-13-8-6-12(14)7-9-13/h6-11,15H,4-5H2,1-3H3. The summed E-state index contributed by atoms with van der Waals surface area (Å²) < 4.78 is 1.13. The van der Waals surface area contributed by atoms with Crippen LogP contribution in [0.3, 0.4) is 0 Å². The van der Waals surface area contributed by atoms with Crippen molar-refractivity contribution >= 4 is 21.6 Å². The van der Waals surface area contributed by atoms with Crippen LogP contribution in [0.4, 0.5) is 5.69 Å². The van der Waals surface area contributed by atoms with Gasteiger partial charge < -0.3 is 5.32 Å². The van der Waals surface area contributed by atoms with E-state index in [1.807, 2.05) is 0 Å². The van der Waals surface area contributed by atoms with Crippen molar-refractivity contribution in [1.29, 1.82) is 0 Å². The van der Waals surface area contributed by atoms with Gasteiger partial charge in [0.05, 0.1) is 0 Å². The Hall–Kier alpha value is -0.500. The summed E-state index contributed by atoms with van der Waals surface area (Å²) in [6, 6.07) is 8.90. The van der Waals surface area contributed by atoms with Crippen LogP contribution < -0.4 is 5.32 Å². The van der Waals surface area contributed by atoms with Crippen LogP contribution in [0.2, 0.25) is 0 Å². The summed E-state index contributed by atoms with van der Waals surface area (Å²) in [6.07, 6.45) is 2.51. The zero-order chi connectivity index (χ0) is 11.3. The number of anilines is 1. The predicted molar refractivity (Wildman–Crippen MR) is 71.3 cm³/mol. The second kappa shape index (κ2) is 6.16. The molecule has 0 radical (unpaired) electrons. The Bertz CT molecular complexity index is 279. The molecule has 15 heavy (non-hydrogen) atoms. The Balaban J connectivity index is 2.37. The molecule has 0 heterocycles. The highest BCUT2D eigenvalue weighted by atomic mass is 79.9. The van der Waals surface area contributed by atoms with Crippen molar-refractivity contribution in [2.45, 2.75) is 39.7 Å². The van der Waals surface area contributed by atoms with Crippen LogP contribution >= 0.6 is 15.9 Å². The average molecular weight is 270 g/mol. The molecule has 0 aromatic heterocycles. The Morgan fingerprint density at radius 3 is 2.20 bits per heavy atom. The van der Waals surface area contributed by atoms with E-state index in [1.54, 1.807) is 0 Å². The van der Waals surface area contributed by atoms with Crippen molar-refractivity contribution in [3.63, 3.8) is 0 Å². The van der Waals surface area contributed by atoms with Gasteiger partial charge in [0.1, 0.15) is 0 Å². The largest absolute Gasteiger partial charge is 0.383 e. The summed E-state index contributed by atoms with van der Waals surface area (Å²) in [4.78, 5) is 0. The molecule has 0 aliphatic carbocycles. The zero-order valence-electron chi connectivity index (χ0n) is 9.76. The molecule has 1 aromatic carbocycles. The molecule has 0 amide bonds. The lowest BCUT2D eigenvalue weighted by atomic mass is 10.0. The van der Waals surface area contributed by atoms with Crippen molar-refractivity contribution < 1.29 is 0 Å². The van der Waals surface area contributed by atoms with Crippen molar-refractivity contribution in [3.05, 3.63) is 28.7 Å². The van der Waals surface area contributed by atoms with E-state index >= 15 is 0 Å². The molecule has 1 atom stereocenters. The molecule has 0 aliphatic rings. The number of benzene rings is 1. The van der Waals surface area contributed by atoms with Crippen LogP contribution in [0.1, 0.15) is 33.6 Å². The van der Waals surface area contributed by atoms with Crippen LogP contribution in [0.25, 0.3) is 0 Å². The number of rotatable bonds is 5. The molecule has 0 spiro atoms. The molecular formula is C13H20BrN. The minimum atomic E-state index is 0.550. The highest BCUT2D eigenvalue weighted by Gasteiger charge is 2.03. The molecule has 1 unspecified atom stereocenters. The minimum absolute atomic E-state index is 0.550. The molecule has 1 rings (SSSR count). The average Bonchev–Trinajstić information content (AvgIpc) is 2.19. The highest BCUT2D eigenvalue weighted by Crippen LogP contribution is 2.16. The molecular weight excluding hydrogens is 250 g/mol. The van der Waals surface area contributed by atoms with Gasteiger partial charge in [-0.25, -0.2) is 0 Å².